The van der Waals surface area contributed by atoms with Crippen LogP contribution in [0.4, 0.5) is 0 Å². The molecule has 0 atom stereocenters. The van der Waals surface area contributed by atoms with E-state index in [0.717, 1.165) is 19.7 Å². The molecule has 96 valence electrons. The minimum Gasteiger partial charge on any atom is -0.377 e. The molecule has 0 saturated heterocycles. The molecule has 2 rings (SSSR count). The molecule has 0 radical (unpaired) electrons. The molecule has 1 aromatic heterocycles. The molecule has 3 heteroatoms. The van der Waals surface area contributed by atoms with Crippen LogP contribution in [0.25, 0.3) is 0 Å². The van der Waals surface area contributed by atoms with Gasteiger partial charge in [0.25, 0.3) is 0 Å². The average Bonchev–Trinajstić information content (AvgIpc) is 2.76. The predicted octanol–water partition coefficient (Wildman–Crippen LogP) is 3.50. The van der Waals surface area contributed by atoms with Crippen LogP contribution in [-0.4, -0.2) is 19.3 Å². The quantitative estimate of drug-likeness (QED) is 0.784. The van der Waals surface area contributed by atoms with Gasteiger partial charge in [-0.05, 0) is 36.8 Å². The predicted molar refractivity (Wildman–Crippen MR) is 73.6 cm³/mol. The first-order valence-electron chi connectivity index (χ1n) is 6.71. The third kappa shape index (κ3) is 4.41. The van der Waals surface area contributed by atoms with Crippen molar-refractivity contribution in [1.29, 1.82) is 0 Å². The van der Waals surface area contributed by atoms with E-state index in [1.54, 1.807) is 0 Å². The van der Waals surface area contributed by atoms with E-state index >= 15 is 0 Å². The molecule has 17 heavy (non-hydrogen) atoms. The van der Waals surface area contributed by atoms with E-state index in [9.17, 15) is 0 Å². The summed E-state index contributed by atoms with van der Waals surface area (Å²) in [6, 6.07) is 2.18. The van der Waals surface area contributed by atoms with Crippen LogP contribution in [-0.2, 0) is 11.3 Å². The van der Waals surface area contributed by atoms with Crippen LogP contribution in [0.1, 0.15) is 42.5 Å². The van der Waals surface area contributed by atoms with Gasteiger partial charge in [-0.3, -0.25) is 0 Å². The van der Waals surface area contributed by atoms with Crippen molar-refractivity contribution in [3.05, 3.63) is 21.9 Å². The van der Waals surface area contributed by atoms with Crippen LogP contribution in [0.3, 0.4) is 0 Å². The molecule has 1 aliphatic carbocycles. The number of aryl methyl sites for hydroxylation is 1. The van der Waals surface area contributed by atoms with E-state index in [2.05, 4.69) is 23.7 Å². The standard InChI is InChI=1S/C14H23NOS/c1-12-7-10-17-14(12)11-15-8-9-16-13-5-3-2-4-6-13/h7,10,13,15H,2-6,8-9,11H2,1H3. The van der Waals surface area contributed by atoms with Crippen molar-refractivity contribution >= 4 is 11.3 Å². The molecule has 1 heterocycles. The Labute approximate surface area is 108 Å². The minimum absolute atomic E-state index is 0.536. The number of nitrogens with one attached hydrogen (secondary N) is 1. The number of ether oxygens (including phenoxy) is 1. The van der Waals surface area contributed by atoms with E-state index in [-0.39, 0.29) is 0 Å². The largest absolute Gasteiger partial charge is 0.377 e. The van der Waals surface area contributed by atoms with E-state index in [1.807, 2.05) is 11.3 Å². The summed E-state index contributed by atoms with van der Waals surface area (Å²) in [5, 5.41) is 5.61. The van der Waals surface area contributed by atoms with Crippen molar-refractivity contribution in [3.8, 4) is 0 Å². The van der Waals surface area contributed by atoms with E-state index in [4.69, 9.17) is 4.74 Å². The van der Waals surface area contributed by atoms with Crippen molar-refractivity contribution in [2.45, 2.75) is 51.7 Å². The molecule has 0 aromatic carbocycles. The Bertz CT molecular complexity index is 318. The number of thiophene rings is 1. The molecule has 0 amide bonds. The van der Waals surface area contributed by atoms with Gasteiger partial charge in [0.1, 0.15) is 0 Å². The molecular weight excluding hydrogens is 230 g/mol. The fraction of sp³-hybridized carbons (Fsp3) is 0.714. The summed E-state index contributed by atoms with van der Waals surface area (Å²) >= 11 is 1.83. The highest BCUT2D eigenvalue weighted by atomic mass is 32.1. The molecule has 1 aromatic rings. The van der Waals surface area contributed by atoms with Crippen molar-refractivity contribution < 1.29 is 4.74 Å². The van der Waals surface area contributed by atoms with Gasteiger partial charge in [-0.2, -0.15) is 0 Å². The van der Waals surface area contributed by atoms with Gasteiger partial charge in [0.15, 0.2) is 0 Å². The summed E-state index contributed by atoms with van der Waals surface area (Å²) in [6.07, 6.45) is 7.18. The number of hydrogen-bond donors (Lipinski definition) is 1. The van der Waals surface area contributed by atoms with Gasteiger partial charge in [0.05, 0.1) is 12.7 Å². The van der Waals surface area contributed by atoms with E-state index in [0.29, 0.717) is 6.10 Å². The average molecular weight is 253 g/mol. The zero-order chi connectivity index (χ0) is 11.9. The topological polar surface area (TPSA) is 21.3 Å². The first-order valence-corrected chi connectivity index (χ1v) is 7.59. The lowest BCUT2D eigenvalue weighted by molar-refractivity contribution is 0.0302. The van der Waals surface area contributed by atoms with Crippen LogP contribution in [0.5, 0.6) is 0 Å². The maximum absolute atomic E-state index is 5.87. The fourth-order valence-electron chi connectivity index (χ4n) is 2.32. The molecule has 0 bridgehead atoms. The zero-order valence-electron chi connectivity index (χ0n) is 10.7. The Morgan fingerprint density at radius 1 is 1.35 bits per heavy atom. The van der Waals surface area contributed by atoms with Crippen molar-refractivity contribution in [2.75, 3.05) is 13.2 Å². The molecule has 1 aliphatic rings. The lowest BCUT2D eigenvalue weighted by Gasteiger charge is -2.22. The lowest BCUT2D eigenvalue weighted by atomic mass is 9.98. The van der Waals surface area contributed by atoms with Crippen LogP contribution >= 0.6 is 11.3 Å². The molecule has 0 unspecified atom stereocenters. The Balaban J connectivity index is 1.53. The maximum Gasteiger partial charge on any atom is 0.0594 e. The summed E-state index contributed by atoms with van der Waals surface area (Å²) in [7, 11) is 0. The lowest BCUT2D eigenvalue weighted by Crippen LogP contribution is -2.24. The Kier molecular flexibility index (Phi) is 5.49. The first-order chi connectivity index (χ1) is 8.36. The van der Waals surface area contributed by atoms with Crippen LogP contribution < -0.4 is 5.32 Å². The molecule has 1 saturated carbocycles. The van der Waals surface area contributed by atoms with Crippen LogP contribution in [0.2, 0.25) is 0 Å². The molecule has 1 fully saturated rings. The third-order valence-corrected chi connectivity index (χ3v) is 4.46. The summed E-state index contributed by atoms with van der Waals surface area (Å²) in [6.45, 7) is 4.98. The molecule has 0 aliphatic heterocycles. The van der Waals surface area contributed by atoms with Gasteiger partial charge in [-0.1, -0.05) is 19.3 Å². The van der Waals surface area contributed by atoms with Gasteiger partial charge in [0.2, 0.25) is 0 Å². The van der Waals surface area contributed by atoms with Crippen LogP contribution in [0, 0.1) is 6.92 Å². The minimum atomic E-state index is 0.536. The summed E-state index contributed by atoms with van der Waals surface area (Å²) in [5.41, 5.74) is 1.40. The first kappa shape index (κ1) is 13.1. The smallest absolute Gasteiger partial charge is 0.0594 e. The van der Waals surface area contributed by atoms with Gasteiger partial charge in [-0.25, -0.2) is 0 Å². The normalized spacial score (nSPS) is 17.5. The van der Waals surface area contributed by atoms with E-state index < -0.39 is 0 Å². The molecule has 0 spiro atoms. The van der Waals surface area contributed by atoms with Gasteiger partial charge in [0, 0.05) is 18.0 Å². The summed E-state index contributed by atoms with van der Waals surface area (Å²) in [5.74, 6) is 0. The number of rotatable bonds is 6. The fourth-order valence-corrected chi connectivity index (χ4v) is 3.19. The molecule has 1 N–H and O–H groups in total. The number of hydrogen-bond acceptors (Lipinski definition) is 3. The van der Waals surface area contributed by atoms with Gasteiger partial charge < -0.3 is 10.1 Å². The zero-order valence-corrected chi connectivity index (χ0v) is 11.5. The second-order valence-corrected chi connectivity index (χ2v) is 5.84. The second-order valence-electron chi connectivity index (χ2n) is 4.83. The maximum atomic E-state index is 5.87. The summed E-state index contributed by atoms with van der Waals surface area (Å²) < 4.78 is 5.87. The monoisotopic (exact) mass is 253 g/mol. The van der Waals surface area contributed by atoms with Crippen molar-refractivity contribution in [1.82, 2.24) is 5.32 Å². The highest BCUT2D eigenvalue weighted by molar-refractivity contribution is 7.10. The second kappa shape index (κ2) is 7.14. The Morgan fingerprint density at radius 2 is 2.18 bits per heavy atom. The highest BCUT2D eigenvalue weighted by Gasteiger charge is 2.12. The third-order valence-electron chi connectivity index (χ3n) is 3.44. The van der Waals surface area contributed by atoms with Crippen molar-refractivity contribution in [3.63, 3.8) is 0 Å². The molecule has 2 nitrogen and oxygen atoms in total. The van der Waals surface area contributed by atoms with E-state index in [1.165, 1.54) is 42.5 Å². The SMILES string of the molecule is Cc1ccsc1CNCCOC1CCCCC1. The van der Waals surface area contributed by atoms with Gasteiger partial charge in [-0.15, -0.1) is 11.3 Å². The molecular formula is C14H23NOS. The van der Waals surface area contributed by atoms with Gasteiger partial charge >= 0.3 is 0 Å². The highest BCUT2D eigenvalue weighted by Crippen LogP contribution is 2.20. The Morgan fingerprint density at radius 3 is 2.88 bits per heavy atom. The Hall–Kier alpha value is -0.380. The van der Waals surface area contributed by atoms with Crippen molar-refractivity contribution in [2.24, 2.45) is 0 Å². The summed E-state index contributed by atoms with van der Waals surface area (Å²) in [4.78, 5) is 1.45. The van der Waals surface area contributed by atoms with Crippen LogP contribution in [0.15, 0.2) is 11.4 Å².